The minimum absolute atomic E-state index is 0.276. The summed E-state index contributed by atoms with van der Waals surface area (Å²) in [6.45, 7) is 3.11. The van der Waals surface area contributed by atoms with Crippen LogP contribution in [0, 0.1) is 11.3 Å². The first-order chi connectivity index (χ1) is 5.68. The van der Waals surface area contributed by atoms with E-state index in [9.17, 15) is 4.79 Å². The Kier molecular flexibility index (Phi) is 1.65. The van der Waals surface area contributed by atoms with E-state index in [1.807, 2.05) is 0 Å². The molecule has 1 aliphatic heterocycles. The van der Waals surface area contributed by atoms with Crippen LogP contribution in [0.3, 0.4) is 0 Å². The molecule has 1 aliphatic carbocycles. The van der Waals surface area contributed by atoms with Crippen LogP contribution in [0.1, 0.15) is 26.2 Å². The lowest BCUT2D eigenvalue weighted by atomic mass is 9.99. The molecule has 0 radical (unpaired) electrons. The molecule has 3 heteroatoms. The highest BCUT2D eigenvalue weighted by atomic mass is 16.4. The smallest absolute Gasteiger partial charge is 0.320 e. The van der Waals surface area contributed by atoms with Crippen molar-refractivity contribution in [3.8, 4) is 0 Å². The van der Waals surface area contributed by atoms with Crippen molar-refractivity contribution in [3.63, 3.8) is 0 Å². The second kappa shape index (κ2) is 2.46. The molecule has 0 amide bonds. The third-order valence-corrected chi connectivity index (χ3v) is 3.46. The minimum atomic E-state index is -0.686. The Morgan fingerprint density at radius 3 is 2.83 bits per heavy atom. The van der Waals surface area contributed by atoms with E-state index in [2.05, 4.69) is 12.2 Å². The molecule has 2 aliphatic rings. The molecule has 12 heavy (non-hydrogen) atoms. The second-order valence-electron chi connectivity index (χ2n) is 4.15. The number of hydrogen-bond acceptors (Lipinski definition) is 2. The summed E-state index contributed by atoms with van der Waals surface area (Å²) in [5.41, 5.74) is 0.373. The average molecular weight is 169 g/mol. The van der Waals surface area contributed by atoms with Gasteiger partial charge in [-0.3, -0.25) is 4.79 Å². The standard InChI is InChI=1S/C9H15NO2/c1-2-6-3-9(6)4-7(8(11)12)10-5-9/h6-7,10H,2-5H2,1H3,(H,11,12)/t6-,7-,9-/m0/s1. The number of nitrogens with one attached hydrogen (secondary N) is 1. The molecule has 1 saturated carbocycles. The molecule has 2 fully saturated rings. The molecule has 2 rings (SSSR count). The molecule has 1 heterocycles. The van der Waals surface area contributed by atoms with Crippen LogP contribution in [-0.2, 0) is 4.79 Å². The summed E-state index contributed by atoms with van der Waals surface area (Å²) in [6.07, 6.45) is 3.29. The van der Waals surface area contributed by atoms with E-state index >= 15 is 0 Å². The molecule has 0 aromatic heterocycles. The number of carboxylic acid groups (broad SMARTS) is 1. The number of hydrogen-bond donors (Lipinski definition) is 2. The first kappa shape index (κ1) is 8.05. The van der Waals surface area contributed by atoms with Crippen LogP contribution < -0.4 is 5.32 Å². The van der Waals surface area contributed by atoms with Crippen LogP contribution in [0.25, 0.3) is 0 Å². The molecular weight excluding hydrogens is 154 g/mol. The molecule has 3 nitrogen and oxygen atoms in total. The third kappa shape index (κ3) is 1.04. The van der Waals surface area contributed by atoms with Gasteiger partial charge in [0.05, 0.1) is 0 Å². The first-order valence-electron chi connectivity index (χ1n) is 4.64. The molecule has 0 unspecified atom stereocenters. The van der Waals surface area contributed by atoms with Crippen LogP contribution in [0.2, 0.25) is 0 Å². The Morgan fingerprint density at radius 1 is 1.67 bits per heavy atom. The van der Waals surface area contributed by atoms with E-state index < -0.39 is 5.97 Å². The van der Waals surface area contributed by atoms with Crippen molar-refractivity contribution in [3.05, 3.63) is 0 Å². The minimum Gasteiger partial charge on any atom is -0.480 e. The summed E-state index contributed by atoms with van der Waals surface area (Å²) < 4.78 is 0. The van der Waals surface area contributed by atoms with Gasteiger partial charge in [0.25, 0.3) is 0 Å². The van der Waals surface area contributed by atoms with Crippen molar-refractivity contribution in [1.82, 2.24) is 5.32 Å². The van der Waals surface area contributed by atoms with Gasteiger partial charge in [-0.15, -0.1) is 0 Å². The maximum Gasteiger partial charge on any atom is 0.320 e. The van der Waals surface area contributed by atoms with Crippen molar-refractivity contribution in [1.29, 1.82) is 0 Å². The molecule has 0 bridgehead atoms. The fourth-order valence-electron chi connectivity index (χ4n) is 2.53. The van der Waals surface area contributed by atoms with Gasteiger partial charge in [0.15, 0.2) is 0 Å². The van der Waals surface area contributed by atoms with Gasteiger partial charge in [-0.05, 0) is 24.2 Å². The van der Waals surface area contributed by atoms with Gasteiger partial charge < -0.3 is 10.4 Å². The summed E-state index contributed by atoms with van der Waals surface area (Å²) in [6, 6.07) is -0.276. The zero-order valence-corrected chi connectivity index (χ0v) is 7.34. The van der Waals surface area contributed by atoms with E-state index in [4.69, 9.17) is 5.11 Å². The Balaban J connectivity index is 1.96. The quantitative estimate of drug-likeness (QED) is 0.644. The number of carboxylic acids is 1. The molecular formula is C9H15NO2. The SMILES string of the molecule is CC[C@H]1C[C@]12CN[C@H](C(=O)O)C2. The summed E-state index contributed by atoms with van der Waals surface area (Å²) >= 11 is 0. The lowest BCUT2D eigenvalue weighted by Gasteiger charge is -2.04. The fourth-order valence-corrected chi connectivity index (χ4v) is 2.53. The highest BCUT2D eigenvalue weighted by molar-refractivity contribution is 5.74. The fraction of sp³-hybridized carbons (Fsp3) is 0.889. The monoisotopic (exact) mass is 169 g/mol. The summed E-state index contributed by atoms with van der Waals surface area (Å²) in [5, 5.41) is 11.8. The second-order valence-corrected chi connectivity index (χ2v) is 4.15. The van der Waals surface area contributed by atoms with Gasteiger partial charge in [0, 0.05) is 6.54 Å². The van der Waals surface area contributed by atoms with Gasteiger partial charge in [0.2, 0.25) is 0 Å². The van der Waals surface area contributed by atoms with Gasteiger partial charge in [-0.1, -0.05) is 13.3 Å². The topological polar surface area (TPSA) is 49.3 Å². The molecule has 1 spiro atoms. The van der Waals surface area contributed by atoms with Crippen molar-refractivity contribution in [2.45, 2.75) is 32.2 Å². The van der Waals surface area contributed by atoms with Crippen molar-refractivity contribution in [2.75, 3.05) is 6.54 Å². The van der Waals surface area contributed by atoms with Gasteiger partial charge >= 0.3 is 5.97 Å². The van der Waals surface area contributed by atoms with E-state index in [0.717, 1.165) is 18.9 Å². The van der Waals surface area contributed by atoms with Gasteiger partial charge in [-0.25, -0.2) is 0 Å². The number of aliphatic carboxylic acids is 1. The Bertz CT molecular complexity index is 217. The molecule has 68 valence electrons. The third-order valence-electron chi connectivity index (χ3n) is 3.46. The summed E-state index contributed by atoms with van der Waals surface area (Å²) in [5.74, 6) is 0.1000. The highest BCUT2D eigenvalue weighted by Crippen LogP contribution is 2.59. The zero-order chi connectivity index (χ0) is 8.77. The van der Waals surface area contributed by atoms with Crippen LogP contribution in [0.5, 0.6) is 0 Å². The lowest BCUT2D eigenvalue weighted by molar-refractivity contribution is -0.139. The Morgan fingerprint density at radius 2 is 2.42 bits per heavy atom. The van der Waals surface area contributed by atoms with E-state index in [1.54, 1.807) is 0 Å². The Hall–Kier alpha value is -0.570. The van der Waals surface area contributed by atoms with E-state index in [1.165, 1.54) is 12.8 Å². The first-order valence-corrected chi connectivity index (χ1v) is 4.64. The predicted molar refractivity (Wildman–Crippen MR) is 44.9 cm³/mol. The van der Waals surface area contributed by atoms with Gasteiger partial charge in [-0.2, -0.15) is 0 Å². The molecule has 1 saturated heterocycles. The maximum absolute atomic E-state index is 10.6. The number of rotatable bonds is 2. The molecule has 0 aromatic rings. The molecule has 3 atom stereocenters. The lowest BCUT2D eigenvalue weighted by Crippen LogP contribution is -2.29. The summed E-state index contributed by atoms with van der Waals surface area (Å²) in [7, 11) is 0. The largest absolute Gasteiger partial charge is 0.480 e. The van der Waals surface area contributed by atoms with Crippen molar-refractivity contribution < 1.29 is 9.90 Å². The normalized spacial score (nSPS) is 45.1. The highest BCUT2D eigenvalue weighted by Gasteiger charge is 2.57. The van der Waals surface area contributed by atoms with Gasteiger partial charge in [0.1, 0.15) is 6.04 Å². The maximum atomic E-state index is 10.6. The summed E-state index contributed by atoms with van der Waals surface area (Å²) in [4.78, 5) is 10.6. The van der Waals surface area contributed by atoms with Crippen LogP contribution in [0.4, 0.5) is 0 Å². The van der Waals surface area contributed by atoms with Crippen molar-refractivity contribution in [2.24, 2.45) is 11.3 Å². The zero-order valence-electron chi connectivity index (χ0n) is 7.34. The Labute approximate surface area is 72.2 Å². The average Bonchev–Trinajstić information content (AvgIpc) is 2.50. The number of carbonyl (C=O) groups is 1. The van der Waals surface area contributed by atoms with E-state index in [0.29, 0.717) is 5.41 Å². The van der Waals surface area contributed by atoms with Crippen LogP contribution in [0.15, 0.2) is 0 Å². The van der Waals surface area contributed by atoms with Crippen LogP contribution >= 0.6 is 0 Å². The molecule has 0 aromatic carbocycles. The van der Waals surface area contributed by atoms with Crippen LogP contribution in [-0.4, -0.2) is 23.7 Å². The molecule has 2 N–H and O–H groups in total. The predicted octanol–water partition coefficient (Wildman–Crippen LogP) is 0.849. The van der Waals surface area contributed by atoms with Crippen molar-refractivity contribution >= 4 is 5.97 Å². The van der Waals surface area contributed by atoms with E-state index in [-0.39, 0.29) is 6.04 Å².